The Balaban J connectivity index is 2.49. The molecule has 18 heavy (non-hydrogen) atoms. The molecule has 0 radical (unpaired) electrons. The Morgan fingerprint density at radius 3 is 2.72 bits per heavy atom. The summed E-state index contributed by atoms with van der Waals surface area (Å²) in [5.41, 5.74) is 0.155. The van der Waals surface area contributed by atoms with E-state index in [0.29, 0.717) is 12.1 Å². The van der Waals surface area contributed by atoms with Crippen LogP contribution < -0.4 is 5.32 Å². The van der Waals surface area contributed by atoms with Crippen molar-refractivity contribution >= 4 is 0 Å². The monoisotopic (exact) mass is 258 g/mol. The molecule has 1 rings (SSSR count). The summed E-state index contributed by atoms with van der Waals surface area (Å²) in [6.45, 7) is 13.4. The van der Waals surface area contributed by atoms with Gasteiger partial charge in [-0.05, 0) is 27.2 Å². The van der Waals surface area contributed by atoms with Crippen molar-refractivity contribution in [3.63, 3.8) is 0 Å². The minimum absolute atomic E-state index is 0.155. The van der Waals surface area contributed by atoms with Gasteiger partial charge in [0.15, 0.2) is 0 Å². The number of ether oxygens (including phenoxy) is 2. The van der Waals surface area contributed by atoms with Gasteiger partial charge in [0.2, 0.25) is 0 Å². The fourth-order valence-electron chi connectivity index (χ4n) is 2.23. The van der Waals surface area contributed by atoms with Crippen LogP contribution in [0.25, 0.3) is 0 Å². The molecule has 2 unspecified atom stereocenters. The van der Waals surface area contributed by atoms with Crippen molar-refractivity contribution in [2.24, 2.45) is 0 Å². The average Bonchev–Trinajstić information content (AvgIpc) is 2.33. The predicted molar refractivity (Wildman–Crippen MR) is 75.0 cm³/mol. The Morgan fingerprint density at radius 2 is 2.17 bits per heavy atom. The minimum atomic E-state index is 0.155. The van der Waals surface area contributed by atoms with Crippen molar-refractivity contribution in [3.8, 4) is 0 Å². The van der Waals surface area contributed by atoms with Crippen LogP contribution in [0.4, 0.5) is 0 Å². The van der Waals surface area contributed by atoms with Crippen LogP contribution in [0.2, 0.25) is 0 Å². The highest BCUT2D eigenvalue weighted by atomic mass is 16.5. The maximum atomic E-state index is 5.73. The molecule has 4 nitrogen and oxygen atoms in total. The topological polar surface area (TPSA) is 33.7 Å². The van der Waals surface area contributed by atoms with E-state index in [1.807, 2.05) is 0 Å². The summed E-state index contributed by atoms with van der Waals surface area (Å²) in [4.78, 5) is 2.50. The zero-order chi connectivity index (χ0) is 13.6. The highest BCUT2D eigenvalue weighted by Gasteiger charge is 2.26. The third kappa shape index (κ3) is 5.65. The summed E-state index contributed by atoms with van der Waals surface area (Å²) < 4.78 is 11.1. The molecule has 1 aliphatic heterocycles. The molecule has 1 heterocycles. The van der Waals surface area contributed by atoms with E-state index in [1.54, 1.807) is 7.11 Å². The first-order valence-electron chi connectivity index (χ1n) is 7.06. The Hall–Kier alpha value is -0.160. The first-order valence-corrected chi connectivity index (χ1v) is 7.06. The van der Waals surface area contributed by atoms with Gasteiger partial charge in [-0.15, -0.1) is 0 Å². The lowest BCUT2D eigenvalue weighted by atomic mass is 10.1. The quantitative estimate of drug-likeness (QED) is 0.783. The summed E-state index contributed by atoms with van der Waals surface area (Å²) in [6.07, 6.45) is 1.47. The van der Waals surface area contributed by atoms with Gasteiger partial charge in [0.05, 0.1) is 19.3 Å². The van der Waals surface area contributed by atoms with Gasteiger partial charge in [0, 0.05) is 38.3 Å². The van der Waals surface area contributed by atoms with E-state index in [1.165, 1.54) is 0 Å². The Bertz CT molecular complexity index is 228. The summed E-state index contributed by atoms with van der Waals surface area (Å²) >= 11 is 0. The van der Waals surface area contributed by atoms with Gasteiger partial charge in [0.1, 0.15) is 0 Å². The molecule has 0 aromatic carbocycles. The molecule has 0 spiro atoms. The molecule has 1 aliphatic rings. The molecular formula is C14H30N2O2. The maximum absolute atomic E-state index is 5.73. The minimum Gasteiger partial charge on any atom is -0.383 e. The first-order chi connectivity index (χ1) is 8.46. The van der Waals surface area contributed by atoms with E-state index in [4.69, 9.17) is 9.47 Å². The summed E-state index contributed by atoms with van der Waals surface area (Å²) in [5, 5.41) is 3.57. The second-order valence-corrected chi connectivity index (χ2v) is 6.14. The third-order valence-electron chi connectivity index (χ3n) is 3.37. The molecule has 1 fully saturated rings. The lowest BCUT2D eigenvalue weighted by Gasteiger charge is -2.39. The number of methoxy groups -OCH3 is 1. The maximum Gasteiger partial charge on any atom is 0.0700 e. The van der Waals surface area contributed by atoms with Gasteiger partial charge in [-0.3, -0.25) is 4.90 Å². The van der Waals surface area contributed by atoms with Crippen LogP contribution in [0.3, 0.4) is 0 Å². The fourth-order valence-corrected chi connectivity index (χ4v) is 2.23. The van der Waals surface area contributed by atoms with Gasteiger partial charge in [-0.25, -0.2) is 0 Å². The SMILES string of the molecule is CCC1CN(C(CNC(C)(C)C)COC)CCO1. The summed E-state index contributed by atoms with van der Waals surface area (Å²) in [7, 11) is 1.78. The van der Waals surface area contributed by atoms with Crippen LogP contribution in [-0.4, -0.2) is 62.5 Å². The number of hydrogen-bond donors (Lipinski definition) is 1. The second kappa shape index (κ2) is 7.43. The molecule has 4 heteroatoms. The number of nitrogens with one attached hydrogen (secondary N) is 1. The van der Waals surface area contributed by atoms with Crippen molar-refractivity contribution in [1.82, 2.24) is 10.2 Å². The fraction of sp³-hybridized carbons (Fsp3) is 1.00. The third-order valence-corrected chi connectivity index (χ3v) is 3.37. The number of morpholine rings is 1. The predicted octanol–water partition coefficient (Wildman–Crippen LogP) is 1.50. The Labute approximate surface area is 112 Å². The van der Waals surface area contributed by atoms with Gasteiger partial charge in [0.25, 0.3) is 0 Å². The normalized spacial score (nSPS) is 24.2. The van der Waals surface area contributed by atoms with Gasteiger partial charge in [-0.1, -0.05) is 6.92 Å². The van der Waals surface area contributed by atoms with E-state index in [-0.39, 0.29) is 5.54 Å². The Kier molecular flexibility index (Phi) is 6.57. The summed E-state index contributed by atoms with van der Waals surface area (Å²) in [6, 6.07) is 0.437. The van der Waals surface area contributed by atoms with Crippen molar-refractivity contribution in [2.75, 3.05) is 40.0 Å². The number of nitrogens with zero attached hydrogens (tertiary/aromatic N) is 1. The van der Waals surface area contributed by atoms with Crippen LogP contribution in [0.1, 0.15) is 34.1 Å². The highest BCUT2D eigenvalue weighted by Crippen LogP contribution is 2.12. The van der Waals surface area contributed by atoms with E-state index < -0.39 is 0 Å². The number of rotatable bonds is 6. The average molecular weight is 258 g/mol. The number of hydrogen-bond acceptors (Lipinski definition) is 4. The van der Waals surface area contributed by atoms with Gasteiger partial charge in [-0.2, -0.15) is 0 Å². The van der Waals surface area contributed by atoms with Crippen LogP contribution in [0, 0.1) is 0 Å². The van der Waals surface area contributed by atoms with Crippen molar-refractivity contribution in [1.29, 1.82) is 0 Å². The molecular weight excluding hydrogens is 228 g/mol. The van der Waals surface area contributed by atoms with E-state index in [0.717, 1.165) is 39.3 Å². The van der Waals surface area contributed by atoms with E-state index in [9.17, 15) is 0 Å². The highest BCUT2D eigenvalue weighted by molar-refractivity contribution is 4.82. The van der Waals surface area contributed by atoms with Gasteiger partial charge < -0.3 is 14.8 Å². The molecule has 108 valence electrons. The van der Waals surface area contributed by atoms with Crippen molar-refractivity contribution in [3.05, 3.63) is 0 Å². The molecule has 0 aromatic heterocycles. The van der Waals surface area contributed by atoms with E-state index in [2.05, 4.69) is 37.9 Å². The molecule has 0 aromatic rings. The molecule has 0 bridgehead atoms. The standard InChI is InChI=1S/C14H30N2O2/c1-6-13-10-16(7-8-18-13)12(11-17-5)9-15-14(2,3)4/h12-13,15H,6-11H2,1-5H3. The van der Waals surface area contributed by atoms with Crippen LogP contribution in [-0.2, 0) is 9.47 Å². The molecule has 0 aliphatic carbocycles. The lowest BCUT2D eigenvalue weighted by Crippen LogP contribution is -2.54. The Morgan fingerprint density at radius 1 is 1.44 bits per heavy atom. The molecule has 0 amide bonds. The van der Waals surface area contributed by atoms with Crippen LogP contribution >= 0.6 is 0 Å². The van der Waals surface area contributed by atoms with Gasteiger partial charge >= 0.3 is 0 Å². The first kappa shape index (κ1) is 15.9. The van der Waals surface area contributed by atoms with Crippen LogP contribution in [0.5, 0.6) is 0 Å². The van der Waals surface area contributed by atoms with Crippen LogP contribution in [0.15, 0.2) is 0 Å². The molecule has 2 atom stereocenters. The van der Waals surface area contributed by atoms with Crippen molar-refractivity contribution < 1.29 is 9.47 Å². The second-order valence-electron chi connectivity index (χ2n) is 6.14. The van der Waals surface area contributed by atoms with Crippen molar-refractivity contribution in [2.45, 2.75) is 51.8 Å². The zero-order valence-electron chi connectivity index (χ0n) is 12.7. The smallest absolute Gasteiger partial charge is 0.0700 e. The molecule has 1 N–H and O–H groups in total. The molecule has 1 saturated heterocycles. The van der Waals surface area contributed by atoms with E-state index >= 15 is 0 Å². The summed E-state index contributed by atoms with van der Waals surface area (Å²) in [5.74, 6) is 0. The zero-order valence-corrected chi connectivity index (χ0v) is 12.7. The largest absolute Gasteiger partial charge is 0.383 e. The lowest BCUT2D eigenvalue weighted by molar-refractivity contribution is -0.0547. The molecule has 0 saturated carbocycles.